The predicted molar refractivity (Wildman–Crippen MR) is 190 cm³/mol. The number of hydrogen-bond donors (Lipinski definition) is 0. The van der Waals surface area contributed by atoms with Crippen LogP contribution in [0.1, 0.15) is 62.5 Å². The van der Waals surface area contributed by atoms with Gasteiger partial charge in [0.25, 0.3) is 0 Å². The first kappa shape index (κ1) is 33.0. The third-order valence-corrected chi connectivity index (χ3v) is 9.43. The SMILES string of the molecule is Cl.O=C1c2ccc(Cc3ccc(Cl)cc3Cl)cc2CCC1CN(CCC(c1ccccc1)c1ccccc1)Cc1ccccc1. The number of halogens is 3. The molecule has 0 saturated carbocycles. The molecule has 1 atom stereocenters. The van der Waals surface area contributed by atoms with Gasteiger partial charge >= 0.3 is 0 Å². The molecule has 5 heteroatoms. The molecule has 5 aromatic carbocycles. The fourth-order valence-corrected chi connectivity index (χ4v) is 7.02. The van der Waals surface area contributed by atoms with E-state index in [-0.39, 0.29) is 24.1 Å². The molecule has 0 N–H and O–H groups in total. The maximum Gasteiger partial charge on any atom is 0.167 e. The number of hydrogen-bond acceptors (Lipinski definition) is 2. The molecule has 1 aliphatic rings. The van der Waals surface area contributed by atoms with Gasteiger partial charge in [-0.25, -0.2) is 0 Å². The number of nitrogens with zero attached hydrogens (tertiary/aromatic N) is 1. The van der Waals surface area contributed by atoms with Gasteiger partial charge in [0.05, 0.1) is 0 Å². The summed E-state index contributed by atoms with van der Waals surface area (Å²) < 4.78 is 0. The van der Waals surface area contributed by atoms with Crippen molar-refractivity contribution in [3.8, 4) is 0 Å². The van der Waals surface area contributed by atoms with Gasteiger partial charge in [-0.1, -0.05) is 138 Å². The average Bonchev–Trinajstić information content (AvgIpc) is 3.05. The number of carbonyl (C=O) groups is 1. The zero-order valence-corrected chi connectivity index (χ0v) is 27.6. The second kappa shape index (κ2) is 15.7. The van der Waals surface area contributed by atoms with E-state index in [2.05, 4.69) is 108 Å². The first-order chi connectivity index (χ1) is 21.5. The Bertz CT molecular complexity index is 1650. The molecule has 230 valence electrons. The lowest BCUT2D eigenvalue weighted by atomic mass is 9.81. The standard InChI is InChI=1S/C40H37Cl2NO.ClH/c41-36-20-19-34(39(42)26-36)25-30-16-21-38-33(24-30)17-18-35(40(38)44)28-43(27-29-10-4-1-5-11-29)23-22-37(31-12-6-2-7-13-31)32-14-8-3-9-15-32;/h1-16,19-21,24,26,35,37H,17-18,22-23,25,27-28H2;1H. The first-order valence-electron chi connectivity index (χ1n) is 15.5. The first-order valence-corrected chi connectivity index (χ1v) is 16.2. The van der Waals surface area contributed by atoms with Gasteiger partial charge in [-0.3, -0.25) is 9.69 Å². The van der Waals surface area contributed by atoms with E-state index in [1.807, 2.05) is 18.2 Å². The predicted octanol–water partition coefficient (Wildman–Crippen LogP) is 10.5. The molecule has 1 aliphatic carbocycles. The van der Waals surface area contributed by atoms with Crippen molar-refractivity contribution in [3.05, 3.63) is 176 Å². The van der Waals surface area contributed by atoms with Crippen LogP contribution >= 0.6 is 35.6 Å². The van der Waals surface area contributed by atoms with E-state index in [0.717, 1.165) is 67.6 Å². The number of aryl methyl sites for hydroxylation is 1. The summed E-state index contributed by atoms with van der Waals surface area (Å²) in [6.07, 6.45) is 3.47. The van der Waals surface area contributed by atoms with E-state index in [4.69, 9.17) is 23.2 Å². The van der Waals surface area contributed by atoms with E-state index in [1.54, 1.807) is 6.07 Å². The fourth-order valence-electron chi connectivity index (χ4n) is 6.54. The van der Waals surface area contributed by atoms with Gasteiger partial charge in [0.15, 0.2) is 5.78 Å². The number of rotatable bonds is 11. The Morgan fingerprint density at radius 1 is 0.733 bits per heavy atom. The molecule has 6 rings (SSSR count). The summed E-state index contributed by atoms with van der Waals surface area (Å²) in [6, 6.07) is 44.2. The number of fused-ring (bicyclic) bond motifs is 1. The summed E-state index contributed by atoms with van der Waals surface area (Å²) in [4.78, 5) is 16.4. The summed E-state index contributed by atoms with van der Waals surface area (Å²) in [6.45, 7) is 2.49. The largest absolute Gasteiger partial charge is 0.298 e. The minimum absolute atomic E-state index is 0. The van der Waals surface area contributed by atoms with Crippen LogP contribution in [0.15, 0.2) is 127 Å². The monoisotopic (exact) mass is 653 g/mol. The van der Waals surface area contributed by atoms with E-state index >= 15 is 0 Å². The van der Waals surface area contributed by atoms with Crippen molar-refractivity contribution in [2.75, 3.05) is 13.1 Å². The maximum absolute atomic E-state index is 13.9. The second-order valence-electron chi connectivity index (χ2n) is 11.9. The molecule has 0 radical (unpaired) electrons. The highest BCUT2D eigenvalue weighted by atomic mass is 35.5. The van der Waals surface area contributed by atoms with Crippen LogP contribution in [0.25, 0.3) is 0 Å². The molecule has 0 saturated heterocycles. The van der Waals surface area contributed by atoms with Crippen LogP contribution in [0.3, 0.4) is 0 Å². The molecule has 1 unspecified atom stereocenters. The lowest BCUT2D eigenvalue weighted by Gasteiger charge is -2.31. The van der Waals surface area contributed by atoms with Gasteiger partial charge < -0.3 is 0 Å². The van der Waals surface area contributed by atoms with Crippen molar-refractivity contribution in [1.82, 2.24) is 4.90 Å². The Kier molecular flexibility index (Phi) is 11.5. The zero-order chi connectivity index (χ0) is 30.3. The van der Waals surface area contributed by atoms with Crippen molar-refractivity contribution in [3.63, 3.8) is 0 Å². The maximum atomic E-state index is 13.9. The summed E-state index contributed by atoms with van der Waals surface area (Å²) in [7, 11) is 0. The molecule has 0 bridgehead atoms. The third kappa shape index (κ3) is 8.45. The summed E-state index contributed by atoms with van der Waals surface area (Å²) in [5.74, 6) is 0.545. The Morgan fingerprint density at radius 2 is 1.38 bits per heavy atom. The lowest BCUT2D eigenvalue weighted by Crippen LogP contribution is -2.36. The lowest BCUT2D eigenvalue weighted by molar-refractivity contribution is 0.0851. The molecule has 45 heavy (non-hydrogen) atoms. The van der Waals surface area contributed by atoms with E-state index in [9.17, 15) is 4.79 Å². The molecule has 2 nitrogen and oxygen atoms in total. The highest BCUT2D eigenvalue weighted by molar-refractivity contribution is 6.35. The average molecular weight is 655 g/mol. The van der Waals surface area contributed by atoms with Gasteiger partial charge in [0, 0.05) is 40.5 Å². The van der Waals surface area contributed by atoms with E-state index in [1.165, 1.54) is 16.7 Å². The van der Waals surface area contributed by atoms with Crippen LogP contribution in [0.5, 0.6) is 0 Å². The highest BCUT2D eigenvalue weighted by Gasteiger charge is 2.29. The van der Waals surface area contributed by atoms with Gasteiger partial charge in [-0.15, -0.1) is 12.4 Å². The molecule has 0 aromatic heterocycles. The zero-order valence-electron chi connectivity index (χ0n) is 25.2. The van der Waals surface area contributed by atoms with Crippen LogP contribution in [0.4, 0.5) is 0 Å². The molecule has 0 aliphatic heterocycles. The number of ketones is 1. The van der Waals surface area contributed by atoms with Crippen molar-refractivity contribution < 1.29 is 4.79 Å². The minimum atomic E-state index is -0.0188. The number of Topliss-reactive ketones (excluding diaryl/α,β-unsaturated/α-hetero) is 1. The van der Waals surface area contributed by atoms with Crippen molar-refractivity contribution >= 4 is 41.4 Å². The summed E-state index contributed by atoms with van der Waals surface area (Å²) >= 11 is 12.5. The highest BCUT2D eigenvalue weighted by Crippen LogP contribution is 2.32. The molecule has 0 fully saturated rings. The number of carbonyl (C=O) groups excluding carboxylic acids is 1. The normalized spacial score (nSPS) is 14.3. The summed E-state index contributed by atoms with van der Waals surface area (Å²) in [5, 5.41) is 1.31. The van der Waals surface area contributed by atoms with E-state index in [0.29, 0.717) is 16.0 Å². The fraction of sp³-hybridized carbons (Fsp3) is 0.225. The smallest absolute Gasteiger partial charge is 0.167 e. The van der Waals surface area contributed by atoms with Crippen molar-refractivity contribution in [2.45, 2.75) is 38.1 Å². The molecular weight excluding hydrogens is 617 g/mol. The van der Waals surface area contributed by atoms with Crippen LogP contribution in [-0.4, -0.2) is 23.8 Å². The van der Waals surface area contributed by atoms with Crippen molar-refractivity contribution in [2.24, 2.45) is 5.92 Å². The topological polar surface area (TPSA) is 20.3 Å². The minimum Gasteiger partial charge on any atom is -0.298 e. The molecule has 5 aromatic rings. The molecule has 0 heterocycles. The molecule has 0 spiro atoms. The van der Waals surface area contributed by atoms with Crippen molar-refractivity contribution in [1.29, 1.82) is 0 Å². The second-order valence-corrected chi connectivity index (χ2v) is 12.7. The van der Waals surface area contributed by atoms with Crippen LogP contribution < -0.4 is 0 Å². The van der Waals surface area contributed by atoms with Gasteiger partial charge in [-0.2, -0.15) is 0 Å². The molecule has 0 amide bonds. The third-order valence-electron chi connectivity index (χ3n) is 8.84. The Balaban J connectivity index is 0.00000400. The molecular formula is C40H38Cl3NO. The van der Waals surface area contributed by atoms with Gasteiger partial charge in [0.2, 0.25) is 0 Å². The van der Waals surface area contributed by atoms with Gasteiger partial charge in [0.1, 0.15) is 0 Å². The Morgan fingerprint density at radius 3 is 2.02 bits per heavy atom. The Hall–Kier alpha value is -3.40. The van der Waals surface area contributed by atoms with Crippen LogP contribution in [0, 0.1) is 5.92 Å². The summed E-state index contributed by atoms with van der Waals surface area (Å²) in [5.41, 5.74) is 8.16. The quantitative estimate of drug-likeness (QED) is 0.141. The Labute approximate surface area is 283 Å². The number of benzene rings is 5. The van der Waals surface area contributed by atoms with E-state index < -0.39 is 0 Å². The van der Waals surface area contributed by atoms with Gasteiger partial charge in [-0.05, 0) is 77.7 Å². The van der Waals surface area contributed by atoms with Crippen LogP contribution in [0.2, 0.25) is 10.0 Å². The van der Waals surface area contributed by atoms with Crippen LogP contribution in [-0.2, 0) is 19.4 Å².